The maximum atomic E-state index is 5.92. The quantitative estimate of drug-likeness (QED) is 0.862. The summed E-state index contributed by atoms with van der Waals surface area (Å²) < 4.78 is 2.12. The molecule has 0 saturated heterocycles. The first kappa shape index (κ1) is 10.7. The van der Waals surface area contributed by atoms with E-state index in [0.29, 0.717) is 5.92 Å². The van der Waals surface area contributed by atoms with Crippen LogP contribution in [0.15, 0.2) is 18.3 Å². The Labute approximate surface area is 101 Å². The summed E-state index contributed by atoms with van der Waals surface area (Å²) >= 11 is 0. The number of fused-ring (bicyclic) bond motifs is 1. The second kappa shape index (κ2) is 4.11. The van der Waals surface area contributed by atoms with Crippen LogP contribution in [0.25, 0.3) is 5.65 Å². The van der Waals surface area contributed by atoms with E-state index < -0.39 is 0 Å². The van der Waals surface area contributed by atoms with Gasteiger partial charge in [-0.2, -0.15) is 0 Å². The van der Waals surface area contributed by atoms with E-state index in [1.165, 1.54) is 25.7 Å². The van der Waals surface area contributed by atoms with Gasteiger partial charge >= 0.3 is 0 Å². The van der Waals surface area contributed by atoms with Crippen molar-refractivity contribution in [3.05, 3.63) is 29.7 Å². The lowest BCUT2D eigenvalue weighted by Gasteiger charge is -2.09. The third-order valence-corrected chi connectivity index (χ3v) is 3.70. The highest BCUT2D eigenvalue weighted by Gasteiger charge is 2.22. The van der Waals surface area contributed by atoms with Crippen LogP contribution in [-0.2, 0) is 0 Å². The first-order valence-corrected chi connectivity index (χ1v) is 6.36. The van der Waals surface area contributed by atoms with Gasteiger partial charge in [0.15, 0.2) is 5.65 Å². The number of nitrogens with zero attached hydrogens (tertiary/aromatic N) is 3. The zero-order chi connectivity index (χ0) is 11.8. The minimum absolute atomic E-state index is 0.0539. The number of nitrogens with two attached hydrogens (primary N) is 1. The molecule has 0 bridgehead atoms. The van der Waals surface area contributed by atoms with Crippen LogP contribution in [0.4, 0.5) is 0 Å². The van der Waals surface area contributed by atoms with E-state index in [2.05, 4.69) is 20.8 Å². The van der Waals surface area contributed by atoms with E-state index in [-0.39, 0.29) is 6.04 Å². The van der Waals surface area contributed by atoms with Crippen LogP contribution >= 0.6 is 0 Å². The van der Waals surface area contributed by atoms with Crippen molar-refractivity contribution in [3.8, 4) is 0 Å². The number of pyridine rings is 1. The van der Waals surface area contributed by atoms with Crippen molar-refractivity contribution in [3.63, 3.8) is 0 Å². The Morgan fingerprint density at radius 3 is 2.76 bits per heavy atom. The molecule has 1 unspecified atom stereocenters. The molecule has 4 heteroatoms. The summed E-state index contributed by atoms with van der Waals surface area (Å²) in [6, 6.07) is 4.09. The average molecular weight is 230 g/mol. The zero-order valence-corrected chi connectivity index (χ0v) is 10.1. The molecular weight excluding hydrogens is 212 g/mol. The van der Waals surface area contributed by atoms with Gasteiger partial charge in [0.25, 0.3) is 0 Å². The zero-order valence-electron chi connectivity index (χ0n) is 10.1. The van der Waals surface area contributed by atoms with Crippen molar-refractivity contribution < 1.29 is 0 Å². The Morgan fingerprint density at radius 1 is 1.29 bits per heavy atom. The predicted octanol–water partition coefficient (Wildman–Crippen LogP) is 2.41. The van der Waals surface area contributed by atoms with Crippen molar-refractivity contribution in [2.24, 2.45) is 5.73 Å². The molecule has 2 aromatic rings. The number of hydrogen-bond donors (Lipinski definition) is 1. The number of aromatic nitrogens is 3. The summed E-state index contributed by atoms with van der Waals surface area (Å²) in [7, 11) is 0. The Bertz CT molecular complexity index is 523. The van der Waals surface area contributed by atoms with Gasteiger partial charge in [-0.3, -0.25) is 4.40 Å². The van der Waals surface area contributed by atoms with Gasteiger partial charge < -0.3 is 5.73 Å². The van der Waals surface area contributed by atoms with Crippen molar-refractivity contribution >= 4 is 5.65 Å². The maximum absolute atomic E-state index is 5.92. The highest BCUT2D eigenvalue weighted by Crippen LogP contribution is 2.33. The summed E-state index contributed by atoms with van der Waals surface area (Å²) in [4.78, 5) is 0. The molecule has 1 atom stereocenters. The lowest BCUT2D eigenvalue weighted by molar-refractivity contribution is 0.656. The molecule has 4 nitrogen and oxygen atoms in total. The molecule has 1 saturated carbocycles. The van der Waals surface area contributed by atoms with E-state index in [4.69, 9.17) is 5.73 Å². The van der Waals surface area contributed by atoms with Crippen LogP contribution in [0, 0.1) is 0 Å². The van der Waals surface area contributed by atoms with Gasteiger partial charge in [0, 0.05) is 18.2 Å². The summed E-state index contributed by atoms with van der Waals surface area (Å²) in [5, 5.41) is 8.59. The maximum Gasteiger partial charge on any atom is 0.160 e. The number of hydrogen-bond acceptors (Lipinski definition) is 3. The molecule has 0 radical (unpaired) electrons. The largest absolute Gasteiger partial charge is 0.324 e. The number of rotatable bonds is 2. The van der Waals surface area contributed by atoms with E-state index >= 15 is 0 Å². The SMILES string of the molecule is CC(N)c1ccc2nnc(C3CCCC3)n2c1. The molecule has 0 amide bonds. The third-order valence-electron chi connectivity index (χ3n) is 3.70. The lowest BCUT2D eigenvalue weighted by Crippen LogP contribution is -2.07. The predicted molar refractivity (Wildman–Crippen MR) is 66.8 cm³/mol. The lowest BCUT2D eigenvalue weighted by atomic mass is 10.1. The Hall–Kier alpha value is -1.42. The molecule has 2 heterocycles. The molecule has 0 aromatic carbocycles. The standard InChI is InChI=1S/C13H18N4/c1-9(14)11-6-7-12-15-16-13(17(12)8-11)10-4-2-3-5-10/h6-10H,2-5,14H2,1H3. The molecule has 2 aromatic heterocycles. The monoisotopic (exact) mass is 230 g/mol. The highest BCUT2D eigenvalue weighted by molar-refractivity contribution is 5.40. The van der Waals surface area contributed by atoms with Crippen LogP contribution in [0.5, 0.6) is 0 Å². The normalized spacial score (nSPS) is 18.9. The smallest absolute Gasteiger partial charge is 0.160 e. The van der Waals surface area contributed by atoms with E-state index in [0.717, 1.165) is 17.0 Å². The van der Waals surface area contributed by atoms with Gasteiger partial charge in [0.1, 0.15) is 5.82 Å². The molecular formula is C13H18N4. The Morgan fingerprint density at radius 2 is 2.06 bits per heavy atom. The molecule has 1 fully saturated rings. The second-order valence-electron chi connectivity index (χ2n) is 5.02. The fourth-order valence-corrected chi connectivity index (χ4v) is 2.66. The molecule has 0 aliphatic heterocycles. The second-order valence-corrected chi connectivity index (χ2v) is 5.02. The van der Waals surface area contributed by atoms with Crippen LogP contribution in [0.1, 0.15) is 56.0 Å². The van der Waals surface area contributed by atoms with E-state index in [1.807, 2.05) is 19.1 Å². The summed E-state index contributed by atoms with van der Waals surface area (Å²) in [6.07, 6.45) is 7.19. The van der Waals surface area contributed by atoms with Crippen molar-refractivity contribution in [2.75, 3.05) is 0 Å². The molecule has 1 aliphatic carbocycles. The van der Waals surface area contributed by atoms with E-state index in [1.54, 1.807) is 0 Å². The summed E-state index contributed by atoms with van der Waals surface area (Å²) in [5.41, 5.74) is 7.99. The van der Waals surface area contributed by atoms with Gasteiger partial charge in [0.05, 0.1) is 0 Å². The first-order valence-electron chi connectivity index (χ1n) is 6.36. The van der Waals surface area contributed by atoms with Crippen LogP contribution in [0.3, 0.4) is 0 Å². The first-order chi connectivity index (χ1) is 8.25. The summed E-state index contributed by atoms with van der Waals surface area (Å²) in [5.74, 6) is 1.69. The van der Waals surface area contributed by atoms with Gasteiger partial charge in [-0.15, -0.1) is 10.2 Å². The average Bonchev–Trinajstić information content (AvgIpc) is 2.96. The van der Waals surface area contributed by atoms with Crippen LogP contribution in [0.2, 0.25) is 0 Å². The minimum Gasteiger partial charge on any atom is -0.324 e. The molecule has 17 heavy (non-hydrogen) atoms. The van der Waals surface area contributed by atoms with Gasteiger partial charge in [-0.25, -0.2) is 0 Å². The van der Waals surface area contributed by atoms with Gasteiger partial charge in [0.2, 0.25) is 0 Å². The van der Waals surface area contributed by atoms with Crippen molar-refractivity contribution in [1.82, 2.24) is 14.6 Å². The van der Waals surface area contributed by atoms with Crippen molar-refractivity contribution in [1.29, 1.82) is 0 Å². The molecule has 1 aliphatic rings. The fourth-order valence-electron chi connectivity index (χ4n) is 2.66. The molecule has 0 spiro atoms. The Balaban J connectivity index is 2.08. The third kappa shape index (κ3) is 1.82. The fraction of sp³-hybridized carbons (Fsp3) is 0.538. The van der Waals surface area contributed by atoms with Gasteiger partial charge in [-0.05, 0) is 31.4 Å². The van der Waals surface area contributed by atoms with Crippen molar-refractivity contribution in [2.45, 2.75) is 44.6 Å². The van der Waals surface area contributed by atoms with Crippen LogP contribution in [-0.4, -0.2) is 14.6 Å². The highest BCUT2D eigenvalue weighted by atomic mass is 15.2. The molecule has 90 valence electrons. The topological polar surface area (TPSA) is 56.2 Å². The summed E-state index contributed by atoms with van der Waals surface area (Å²) in [6.45, 7) is 2.00. The minimum atomic E-state index is 0.0539. The van der Waals surface area contributed by atoms with Gasteiger partial charge in [-0.1, -0.05) is 18.9 Å². The molecule has 3 rings (SSSR count). The Kier molecular flexibility index (Phi) is 2.59. The van der Waals surface area contributed by atoms with E-state index in [9.17, 15) is 0 Å². The molecule has 2 N–H and O–H groups in total. The van der Waals surface area contributed by atoms with Crippen LogP contribution < -0.4 is 5.73 Å².